The summed E-state index contributed by atoms with van der Waals surface area (Å²) in [4.78, 5) is 15.7. The number of aromatic nitrogens is 1. The van der Waals surface area contributed by atoms with Gasteiger partial charge in [0.25, 0.3) is 0 Å². The molecule has 3 rings (SSSR count). The molecule has 0 saturated carbocycles. The molecule has 2 N–H and O–H groups in total. The van der Waals surface area contributed by atoms with E-state index in [1.54, 1.807) is 12.1 Å². The van der Waals surface area contributed by atoms with E-state index in [-0.39, 0.29) is 17.3 Å². The van der Waals surface area contributed by atoms with Crippen molar-refractivity contribution in [3.05, 3.63) is 76.2 Å². The second-order valence-corrected chi connectivity index (χ2v) is 8.63. The van der Waals surface area contributed by atoms with Crippen molar-refractivity contribution >= 4 is 33.0 Å². The summed E-state index contributed by atoms with van der Waals surface area (Å²) in [6.07, 6.45) is 0.725. The van der Waals surface area contributed by atoms with Crippen LogP contribution >= 0.6 is 11.3 Å². The number of benzene rings is 2. The number of rotatable bonds is 7. The third-order valence-electron chi connectivity index (χ3n) is 3.73. The molecule has 6 nitrogen and oxygen atoms in total. The first-order valence-electron chi connectivity index (χ1n) is 8.27. The van der Waals surface area contributed by atoms with Crippen LogP contribution in [0.25, 0.3) is 0 Å². The molecule has 0 aliphatic heterocycles. The van der Waals surface area contributed by atoms with Gasteiger partial charge in [0, 0.05) is 24.4 Å². The summed E-state index contributed by atoms with van der Waals surface area (Å²) in [5.74, 6) is -0.210. The maximum atomic E-state index is 12.4. The highest BCUT2D eigenvalue weighted by Crippen LogP contribution is 2.17. The van der Waals surface area contributed by atoms with Crippen molar-refractivity contribution in [3.63, 3.8) is 0 Å². The zero-order chi connectivity index (χ0) is 19.3. The Morgan fingerprint density at radius 2 is 1.78 bits per heavy atom. The lowest BCUT2D eigenvalue weighted by Crippen LogP contribution is -2.23. The average molecular weight is 402 g/mol. The Morgan fingerprint density at radius 3 is 2.44 bits per heavy atom. The van der Waals surface area contributed by atoms with Crippen LogP contribution in [0.4, 0.5) is 5.69 Å². The summed E-state index contributed by atoms with van der Waals surface area (Å²) < 4.78 is 27.4. The summed E-state index contributed by atoms with van der Waals surface area (Å²) in [5, 5.41) is 5.40. The van der Waals surface area contributed by atoms with Gasteiger partial charge in [-0.3, -0.25) is 4.79 Å². The van der Waals surface area contributed by atoms with E-state index >= 15 is 0 Å². The molecule has 0 spiro atoms. The van der Waals surface area contributed by atoms with Gasteiger partial charge in [0.1, 0.15) is 0 Å². The molecule has 1 amide bonds. The van der Waals surface area contributed by atoms with Crippen molar-refractivity contribution in [3.8, 4) is 0 Å². The molecule has 0 aliphatic carbocycles. The summed E-state index contributed by atoms with van der Waals surface area (Å²) in [6.45, 7) is 1.52. The topological polar surface area (TPSA) is 88.2 Å². The van der Waals surface area contributed by atoms with E-state index in [1.165, 1.54) is 36.0 Å². The zero-order valence-electron chi connectivity index (χ0n) is 14.7. The Labute approximate surface area is 162 Å². The molecule has 2 aromatic carbocycles. The Balaban J connectivity index is 1.61. The fourth-order valence-electron chi connectivity index (χ4n) is 2.45. The average Bonchev–Trinajstić information content (AvgIpc) is 3.08. The Hall–Kier alpha value is -2.55. The van der Waals surface area contributed by atoms with Gasteiger partial charge in [-0.25, -0.2) is 18.1 Å². The van der Waals surface area contributed by atoms with Crippen LogP contribution in [0.2, 0.25) is 0 Å². The lowest BCUT2D eigenvalue weighted by Gasteiger charge is -2.07. The van der Waals surface area contributed by atoms with Crippen molar-refractivity contribution in [2.75, 3.05) is 5.32 Å². The van der Waals surface area contributed by atoms with Crippen LogP contribution in [0.5, 0.6) is 0 Å². The highest BCUT2D eigenvalue weighted by molar-refractivity contribution is 7.89. The van der Waals surface area contributed by atoms with Gasteiger partial charge in [-0.1, -0.05) is 30.3 Å². The number of carbonyl (C=O) groups excluding carboxylic acids is 1. The molecule has 0 unspecified atom stereocenters. The second-order valence-electron chi connectivity index (χ2n) is 5.93. The van der Waals surface area contributed by atoms with E-state index in [0.717, 1.165) is 11.4 Å². The van der Waals surface area contributed by atoms with Crippen LogP contribution in [-0.4, -0.2) is 19.3 Å². The molecule has 1 aromatic heterocycles. The van der Waals surface area contributed by atoms with Crippen LogP contribution in [0.15, 0.2) is 64.9 Å². The van der Waals surface area contributed by atoms with E-state index in [9.17, 15) is 13.2 Å². The van der Waals surface area contributed by atoms with Gasteiger partial charge in [-0.2, -0.15) is 0 Å². The highest BCUT2D eigenvalue weighted by atomic mass is 32.2. The molecule has 0 bridgehead atoms. The number of anilines is 1. The maximum absolute atomic E-state index is 12.4. The van der Waals surface area contributed by atoms with Gasteiger partial charge in [-0.15, -0.1) is 11.3 Å². The molecule has 0 atom stereocenters. The van der Waals surface area contributed by atoms with Crippen LogP contribution in [0, 0.1) is 0 Å². The van der Waals surface area contributed by atoms with Gasteiger partial charge in [0.15, 0.2) is 0 Å². The van der Waals surface area contributed by atoms with Crippen LogP contribution in [-0.2, 0) is 27.8 Å². The van der Waals surface area contributed by atoms with Gasteiger partial charge in [-0.05, 0) is 29.8 Å². The van der Waals surface area contributed by atoms with E-state index in [0.29, 0.717) is 11.4 Å². The first kappa shape index (κ1) is 19.2. The van der Waals surface area contributed by atoms with Crippen LogP contribution < -0.4 is 10.0 Å². The first-order chi connectivity index (χ1) is 12.9. The molecule has 27 heavy (non-hydrogen) atoms. The quantitative estimate of drug-likeness (QED) is 0.636. The Kier molecular flexibility index (Phi) is 6.00. The predicted molar refractivity (Wildman–Crippen MR) is 106 cm³/mol. The fourth-order valence-corrected chi connectivity index (χ4v) is 4.28. The normalized spacial score (nSPS) is 11.3. The number of hydrogen-bond acceptors (Lipinski definition) is 5. The molecular weight excluding hydrogens is 382 g/mol. The summed E-state index contributed by atoms with van der Waals surface area (Å²) in [7, 11) is -3.65. The Bertz CT molecular complexity index is 1010. The lowest BCUT2D eigenvalue weighted by molar-refractivity contribution is -0.114. The minimum Gasteiger partial charge on any atom is -0.326 e. The first-order valence-corrected chi connectivity index (χ1v) is 10.6. The largest absolute Gasteiger partial charge is 0.326 e. The van der Waals surface area contributed by atoms with E-state index in [4.69, 9.17) is 0 Å². The monoisotopic (exact) mass is 401 g/mol. The van der Waals surface area contributed by atoms with E-state index in [1.807, 2.05) is 35.7 Å². The number of amides is 1. The number of nitrogens with zero attached hydrogens (tertiary/aromatic N) is 1. The van der Waals surface area contributed by atoms with Gasteiger partial charge >= 0.3 is 0 Å². The fraction of sp³-hybridized carbons (Fsp3) is 0.158. The van der Waals surface area contributed by atoms with Crippen LogP contribution in [0.1, 0.15) is 23.2 Å². The molecular formula is C19H19N3O3S2. The summed E-state index contributed by atoms with van der Waals surface area (Å²) >= 11 is 1.51. The molecule has 0 radical (unpaired) electrons. The van der Waals surface area contributed by atoms with Crippen molar-refractivity contribution < 1.29 is 13.2 Å². The molecule has 0 fully saturated rings. The number of hydrogen-bond donors (Lipinski definition) is 2. The third-order valence-corrected chi connectivity index (χ3v) is 6.04. The molecule has 0 aliphatic rings. The van der Waals surface area contributed by atoms with Crippen molar-refractivity contribution in [1.82, 2.24) is 9.71 Å². The minimum absolute atomic E-state index is 0.126. The SMILES string of the molecule is CC(=O)Nc1ccc(S(=O)(=O)NCc2csc(Cc3ccccc3)n2)cc1. The summed E-state index contributed by atoms with van der Waals surface area (Å²) in [6, 6.07) is 16.0. The van der Waals surface area contributed by atoms with Crippen molar-refractivity contribution in [2.45, 2.75) is 24.8 Å². The third kappa shape index (κ3) is 5.46. The predicted octanol–water partition coefficient (Wildman–Crippen LogP) is 3.17. The number of nitrogens with one attached hydrogen (secondary N) is 2. The molecule has 140 valence electrons. The van der Waals surface area contributed by atoms with Crippen LogP contribution in [0.3, 0.4) is 0 Å². The molecule has 8 heteroatoms. The van der Waals surface area contributed by atoms with E-state index < -0.39 is 10.0 Å². The Morgan fingerprint density at radius 1 is 1.07 bits per heavy atom. The van der Waals surface area contributed by atoms with Crippen molar-refractivity contribution in [1.29, 1.82) is 0 Å². The molecule has 3 aromatic rings. The van der Waals surface area contributed by atoms with Gasteiger partial charge in [0.05, 0.1) is 22.1 Å². The highest BCUT2D eigenvalue weighted by Gasteiger charge is 2.14. The maximum Gasteiger partial charge on any atom is 0.240 e. The number of carbonyl (C=O) groups is 1. The minimum atomic E-state index is -3.65. The zero-order valence-corrected chi connectivity index (χ0v) is 16.3. The second kappa shape index (κ2) is 8.43. The van der Waals surface area contributed by atoms with E-state index in [2.05, 4.69) is 15.0 Å². The lowest BCUT2D eigenvalue weighted by atomic mass is 10.2. The molecule has 1 heterocycles. The van der Waals surface area contributed by atoms with Crippen molar-refractivity contribution in [2.24, 2.45) is 0 Å². The number of sulfonamides is 1. The number of thiazole rings is 1. The standard InChI is InChI=1S/C19H19N3O3S2/c1-14(23)21-16-7-9-18(10-8-16)27(24,25)20-12-17-13-26-19(22-17)11-15-5-3-2-4-6-15/h2-10,13,20H,11-12H2,1H3,(H,21,23). The molecule has 0 saturated heterocycles. The summed E-state index contributed by atoms with van der Waals surface area (Å²) in [5.41, 5.74) is 2.40. The smallest absolute Gasteiger partial charge is 0.240 e. The van der Waals surface area contributed by atoms with Gasteiger partial charge in [0.2, 0.25) is 15.9 Å². The van der Waals surface area contributed by atoms with Gasteiger partial charge < -0.3 is 5.32 Å².